The van der Waals surface area contributed by atoms with E-state index in [0.717, 1.165) is 11.3 Å². The van der Waals surface area contributed by atoms with Gasteiger partial charge in [0.15, 0.2) is 0 Å². The summed E-state index contributed by atoms with van der Waals surface area (Å²) in [4.78, 5) is 8.00. The highest BCUT2D eigenvalue weighted by molar-refractivity contribution is 5.81. The van der Waals surface area contributed by atoms with Crippen LogP contribution in [0, 0.1) is 12.7 Å². The highest BCUT2D eigenvalue weighted by Crippen LogP contribution is 2.43. The molecule has 3 N–H and O–H groups in total. The first-order valence-corrected chi connectivity index (χ1v) is 11.2. The lowest BCUT2D eigenvalue weighted by molar-refractivity contribution is -0.0980. The molecule has 1 heterocycles. The number of aryl methyl sites for hydroxylation is 1. The summed E-state index contributed by atoms with van der Waals surface area (Å²) in [5.41, 5.74) is 7.92. The number of carbonyl (C=O) groups is 1. The van der Waals surface area contributed by atoms with Crippen LogP contribution < -0.4 is 15.8 Å². The van der Waals surface area contributed by atoms with Crippen LogP contribution in [0.2, 0.25) is 0 Å². The van der Waals surface area contributed by atoms with Crippen LogP contribution in [0.15, 0.2) is 84.1 Å². The number of hydrogen-bond donors (Lipinski definition) is 2. The maximum Gasteiger partial charge on any atom is 0.296 e. The van der Waals surface area contributed by atoms with Crippen LogP contribution in [-0.4, -0.2) is 13.8 Å². The predicted octanol–water partition coefficient (Wildman–Crippen LogP) is 7.00. The monoisotopic (exact) mass is 496 g/mol. The van der Waals surface area contributed by atoms with Crippen LogP contribution in [0.5, 0.6) is 5.75 Å². The summed E-state index contributed by atoms with van der Waals surface area (Å²) in [6, 6.07) is 18.8. The topological polar surface area (TPSA) is 64.3 Å². The van der Waals surface area contributed by atoms with Crippen molar-refractivity contribution in [3.63, 3.8) is 0 Å². The maximum absolute atomic E-state index is 15.1. The summed E-state index contributed by atoms with van der Waals surface area (Å²) >= 11 is 0. The number of rotatable bonds is 4. The fraction of sp³-hybridized carbons (Fsp3) is 0.207. The SMILES string of the molecule is C/C1=C/C(c2cccc(OCc3cccc(C)c3F)c2)=C(/C)Nc2ccccc2C1(F)F.C=O.CN. The molecule has 0 bridgehead atoms. The Morgan fingerprint density at radius 1 is 0.944 bits per heavy atom. The lowest BCUT2D eigenvalue weighted by atomic mass is 9.93. The van der Waals surface area contributed by atoms with Gasteiger partial charge in [0.05, 0.1) is 0 Å². The molecule has 0 saturated heterocycles. The van der Waals surface area contributed by atoms with Crippen LogP contribution in [0.3, 0.4) is 0 Å². The number of benzene rings is 3. The van der Waals surface area contributed by atoms with Crippen molar-refractivity contribution in [1.82, 2.24) is 0 Å². The van der Waals surface area contributed by atoms with E-state index in [2.05, 4.69) is 11.1 Å². The van der Waals surface area contributed by atoms with Crippen molar-refractivity contribution in [2.45, 2.75) is 33.3 Å². The molecule has 7 heteroatoms. The molecule has 3 aromatic rings. The van der Waals surface area contributed by atoms with E-state index in [0.29, 0.717) is 28.1 Å². The number of fused-ring (bicyclic) bond motifs is 1. The smallest absolute Gasteiger partial charge is 0.296 e. The van der Waals surface area contributed by atoms with E-state index in [9.17, 15) is 4.39 Å². The fourth-order valence-corrected chi connectivity index (χ4v) is 3.80. The Balaban J connectivity index is 0.00000109. The molecule has 36 heavy (non-hydrogen) atoms. The Morgan fingerprint density at radius 2 is 1.61 bits per heavy atom. The molecule has 3 aromatic carbocycles. The average molecular weight is 497 g/mol. The molecule has 1 aliphatic rings. The maximum atomic E-state index is 15.1. The normalized spacial score (nSPS) is 17.3. The third kappa shape index (κ3) is 6.23. The number of nitrogens with two attached hydrogens (primary N) is 1. The minimum atomic E-state index is -3.10. The summed E-state index contributed by atoms with van der Waals surface area (Å²) < 4.78 is 50.3. The number of alkyl halides is 2. The Kier molecular flexibility index (Phi) is 10.1. The number of halogens is 3. The van der Waals surface area contributed by atoms with Crippen molar-refractivity contribution in [3.05, 3.63) is 112 Å². The van der Waals surface area contributed by atoms with Crippen LogP contribution >= 0.6 is 0 Å². The van der Waals surface area contributed by atoms with Crippen LogP contribution in [0.1, 0.15) is 36.1 Å². The third-order valence-electron chi connectivity index (χ3n) is 5.66. The minimum Gasteiger partial charge on any atom is -0.489 e. The second kappa shape index (κ2) is 12.7. The van der Waals surface area contributed by atoms with E-state index < -0.39 is 5.92 Å². The van der Waals surface area contributed by atoms with E-state index in [1.807, 2.05) is 19.8 Å². The zero-order valence-electron chi connectivity index (χ0n) is 20.9. The molecule has 4 rings (SSSR count). The molecular formula is C29H31F3N2O2. The Labute approximate surface area is 210 Å². The number of para-hydroxylation sites is 1. The van der Waals surface area contributed by atoms with Crippen LogP contribution in [0.25, 0.3) is 5.57 Å². The second-order valence-electron chi connectivity index (χ2n) is 7.98. The van der Waals surface area contributed by atoms with Crippen molar-refractivity contribution >= 4 is 18.0 Å². The number of carbonyl (C=O) groups excluding carboxylic acids is 1. The molecule has 1 aliphatic heterocycles. The van der Waals surface area contributed by atoms with Gasteiger partial charge in [-0.25, -0.2) is 4.39 Å². The molecule has 190 valence electrons. The van der Waals surface area contributed by atoms with Crippen molar-refractivity contribution in [1.29, 1.82) is 0 Å². The average Bonchev–Trinajstić information content (AvgIpc) is 2.90. The number of ether oxygens (including phenoxy) is 1. The lowest BCUT2D eigenvalue weighted by Crippen LogP contribution is -2.19. The largest absolute Gasteiger partial charge is 0.489 e. The van der Waals surface area contributed by atoms with Gasteiger partial charge in [-0.2, -0.15) is 8.78 Å². The summed E-state index contributed by atoms with van der Waals surface area (Å²) in [7, 11) is 1.50. The summed E-state index contributed by atoms with van der Waals surface area (Å²) in [5.74, 6) is -2.86. The number of anilines is 1. The summed E-state index contributed by atoms with van der Waals surface area (Å²) in [6.07, 6.45) is 1.51. The molecule has 0 atom stereocenters. The van der Waals surface area contributed by atoms with Gasteiger partial charge in [-0.05, 0) is 63.2 Å². The second-order valence-corrected chi connectivity index (χ2v) is 7.98. The van der Waals surface area contributed by atoms with Crippen molar-refractivity contribution in [2.24, 2.45) is 5.73 Å². The van der Waals surface area contributed by atoms with Gasteiger partial charge in [-0.3, -0.25) is 0 Å². The van der Waals surface area contributed by atoms with Gasteiger partial charge in [0.1, 0.15) is 25.0 Å². The van der Waals surface area contributed by atoms with Crippen LogP contribution in [-0.2, 0) is 17.3 Å². The quantitative estimate of drug-likeness (QED) is 0.408. The Morgan fingerprint density at radius 3 is 2.33 bits per heavy atom. The standard InChI is InChI=1S/C27H24F3NO.CH5N.CH2O/c1-17-8-6-10-21(26(17)28)16-32-22-11-7-9-20(15-22)23-14-18(2)27(29,30)24-12-4-5-13-25(24)31-19(23)3;2*1-2/h4-15,31H,16H2,1-3H3;2H2,1H3;1H2/b18-14-,23-19+;;. The van der Waals surface area contributed by atoms with Crippen LogP contribution in [0.4, 0.5) is 18.9 Å². The van der Waals surface area contributed by atoms with Gasteiger partial charge in [0, 0.05) is 33.7 Å². The Hall–Kier alpha value is -3.84. The van der Waals surface area contributed by atoms with Gasteiger partial charge < -0.3 is 20.6 Å². The minimum absolute atomic E-state index is 0.0473. The first kappa shape index (κ1) is 28.4. The van der Waals surface area contributed by atoms with Gasteiger partial charge in [-0.1, -0.05) is 48.5 Å². The Bertz CT molecular complexity index is 1250. The van der Waals surface area contributed by atoms with Gasteiger partial charge >= 0.3 is 0 Å². The van der Waals surface area contributed by atoms with Crippen molar-refractivity contribution in [3.8, 4) is 5.75 Å². The van der Waals surface area contributed by atoms with Gasteiger partial charge in [0.2, 0.25) is 0 Å². The van der Waals surface area contributed by atoms with E-state index in [1.54, 1.807) is 61.5 Å². The molecular weight excluding hydrogens is 465 g/mol. The van der Waals surface area contributed by atoms with Crippen molar-refractivity contribution in [2.75, 3.05) is 12.4 Å². The van der Waals surface area contributed by atoms with E-state index >= 15 is 8.78 Å². The third-order valence-corrected chi connectivity index (χ3v) is 5.66. The highest BCUT2D eigenvalue weighted by atomic mass is 19.3. The number of nitrogens with one attached hydrogen (secondary N) is 1. The molecule has 4 nitrogen and oxygen atoms in total. The number of hydrogen-bond acceptors (Lipinski definition) is 4. The molecule has 0 aromatic heterocycles. The van der Waals surface area contributed by atoms with Gasteiger partial charge in [0.25, 0.3) is 5.92 Å². The first-order chi connectivity index (χ1) is 17.3. The number of allylic oxidation sites excluding steroid dienone is 4. The lowest BCUT2D eigenvalue weighted by Gasteiger charge is -2.26. The van der Waals surface area contributed by atoms with E-state index in [4.69, 9.17) is 9.53 Å². The van der Waals surface area contributed by atoms with Gasteiger partial charge in [-0.15, -0.1) is 0 Å². The van der Waals surface area contributed by atoms with Crippen molar-refractivity contribution < 1.29 is 22.7 Å². The molecule has 0 fully saturated rings. The summed E-state index contributed by atoms with van der Waals surface area (Å²) in [5, 5.41) is 3.14. The van der Waals surface area contributed by atoms with E-state index in [-0.39, 0.29) is 23.6 Å². The zero-order valence-corrected chi connectivity index (χ0v) is 20.9. The van der Waals surface area contributed by atoms with E-state index in [1.165, 1.54) is 26.1 Å². The summed E-state index contributed by atoms with van der Waals surface area (Å²) in [6.45, 7) is 7.08. The fourth-order valence-electron chi connectivity index (χ4n) is 3.80. The molecule has 0 unspecified atom stereocenters. The molecule has 0 amide bonds. The molecule has 0 radical (unpaired) electrons. The molecule has 0 saturated carbocycles. The molecule has 0 aliphatic carbocycles. The first-order valence-electron chi connectivity index (χ1n) is 11.2. The zero-order chi connectivity index (χ0) is 26.9. The highest BCUT2D eigenvalue weighted by Gasteiger charge is 2.37. The molecule has 0 spiro atoms. The predicted molar refractivity (Wildman–Crippen MR) is 139 cm³/mol.